The molecule has 4 rings (SSSR count). The molecule has 1 aliphatic rings. The van der Waals surface area contributed by atoms with Gasteiger partial charge in [0.15, 0.2) is 5.65 Å². The van der Waals surface area contributed by atoms with E-state index in [1.807, 2.05) is 29.9 Å². The molecule has 0 radical (unpaired) electrons. The van der Waals surface area contributed by atoms with E-state index >= 15 is 0 Å². The van der Waals surface area contributed by atoms with Gasteiger partial charge in [0.1, 0.15) is 0 Å². The second kappa shape index (κ2) is 7.72. The number of hydrogen-bond donors (Lipinski definition) is 0. The number of aryl methyl sites for hydroxylation is 1. The summed E-state index contributed by atoms with van der Waals surface area (Å²) in [7, 11) is 1.74. The van der Waals surface area contributed by atoms with Gasteiger partial charge < -0.3 is 14.4 Å². The molecule has 1 unspecified atom stereocenters. The molecule has 0 aromatic carbocycles. The number of hydrogen-bond acceptors (Lipinski definition) is 6. The van der Waals surface area contributed by atoms with Crippen LogP contribution in [0.25, 0.3) is 16.9 Å². The minimum Gasteiger partial charge on any atom is -0.381 e. The molecular weight excluding hydrogens is 366 g/mol. The number of fused-ring (bicyclic) bond motifs is 1. The molecule has 3 aromatic rings. The highest BCUT2D eigenvalue weighted by molar-refractivity contribution is 5.75. The molecule has 0 saturated carbocycles. The van der Waals surface area contributed by atoms with Crippen LogP contribution in [0.5, 0.6) is 0 Å². The van der Waals surface area contributed by atoms with Gasteiger partial charge in [-0.1, -0.05) is 13.8 Å². The third kappa shape index (κ3) is 3.49. The number of aromatic nitrogens is 4. The van der Waals surface area contributed by atoms with Crippen molar-refractivity contribution < 1.29 is 9.47 Å². The summed E-state index contributed by atoms with van der Waals surface area (Å²) in [5, 5.41) is 4.60. The van der Waals surface area contributed by atoms with Crippen LogP contribution in [0.2, 0.25) is 0 Å². The van der Waals surface area contributed by atoms with E-state index in [9.17, 15) is 0 Å². The van der Waals surface area contributed by atoms with Crippen LogP contribution in [0, 0.1) is 6.92 Å². The van der Waals surface area contributed by atoms with Crippen LogP contribution in [-0.2, 0) is 14.9 Å². The molecule has 4 heterocycles. The quantitative estimate of drug-likeness (QED) is 0.661. The highest BCUT2D eigenvalue weighted by Crippen LogP contribution is 2.31. The maximum atomic E-state index is 5.54. The second-order valence-electron chi connectivity index (χ2n) is 8.13. The Labute approximate surface area is 171 Å². The smallest absolute Gasteiger partial charge is 0.178 e. The van der Waals surface area contributed by atoms with Crippen molar-refractivity contribution in [2.75, 3.05) is 38.3 Å². The van der Waals surface area contributed by atoms with Crippen molar-refractivity contribution in [3.8, 4) is 11.3 Å². The molecule has 1 saturated heterocycles. The molecule has 0 bridgehead atoms. The van der Waals surface area contributed by atoms with E-state index in [4.69, 9.17) is 19.4 Å². The number of imidazole rings is 1. The van der Waals surface area contributed by atoms with Gasteiger partial charge in [-0.15, -0.1) is 0 Å². The molecule has 154 valence electrons. The van der Waals surface area contributed by atoms with E-state index in [1.54, 1.807) is 7.11 Å². The minimum atomic E-state index is -0.177. The first kappa shape index (κ1) is 19.8. The molecule has 0 spiro atoms. The van der Waals surface area contributed by atoms with Gasteiger partial charge in [-0.05, 0) is 32.0 Å². The number of methoxy groups -OCH3 is 1. The lowest BCUT2D eigenvalue weighted by atomic mass is 9.83. The van der Waals surface area contributed by atoms with Crippen LogP contribution < -0.4 is 4.90 Å². The first-order valence-corrected chi connectivity index (χ1v) is 10.1. The Morgan fingerprint density at radius 1 is 1.17 bits per heavy atom. The fourth-order valence-corrected chi connectivity index (χ4v) is 3.84. The first-order chi connectivity index (χ1) is 13.9. The van der Waals surface area contributed by atoms with Gasteiger partial charge in [-0.2, -0.15) is 5.10 Å². The standard InChI is InChI=1S/C22H29N5O2/c1-15-20(17-6-7-19(23-14-17)22(3,4)16(2)28-5)27-21(25-15)18(8-9-24-27)26-10-12-29-13-11-26/h6-9,14,16H,10-13H2,1-5H3. The van der Waals surface area contributed by atoms with E-state index in [0.29, 0.717) is 0 Å². The summed E-state index contributed by atoms with van der Waals surface area (Å²) in [5.74, 6) is 0. The monoisotopic (exact) mass is 395 g/mol. The van der Waals surface area contributed by atoms with Crippen molar-refractivity contribution in [1.29, 1.82) is 0 Å². The Balaban J connectivity index is 1.74. The summed E-state index contributed by atoms with van der Waals surface area (Å²) in [6, 6.07) is 6.22. The molecule has 1 aliphatic heterocycles. The van der Waals surface area contributed by atoms with Crippen molar-refractivity contribution in [2.45, 2.75) is 39.2 Å². The zero-order valence-corrected chi connectivity index (χ0v) is 17.8. The van der Waals surface area contributed by atoms with Crippen LogP contribution in [0.15, 0.2) is 30.6 Å². The van der Waals surface area contributed by atoms with E-state index in [1.165, 1.54) is 0 Å². The van der Waals surface area contributed by atoms with Crippen molar-refractivity contribution in [2.24, 2.45) is 0 Å². The third-order valence-corrected chi connectivity index (χ3v) is 6.09. The van der Waals surface area contributed by atoms with E-state index in [0.717, 1.165) is 60.3 Å². The SMILES string of the molecule is COC(C)C(C)(C)c1ccc(-c2c(C)nc3c(N4CCOCC4)ccnn23)cn1. The second-order valence-corrected chi connectivity index (χ2v) is 8.13. The lowest BCUT2D eigenvalue weighted by Crippen LogP contribution is -2.36. The number of pyridine rings is 1. The van der Waals surface area contributed by atoms with Gasteiger partial charge in [-0.25, -0.2) is 9.50 Å². The maximum absolute atomic E-state index is 5.54. The molecule has 0 aliphatic carbocycles. The van der Waals surface area contributed by atoms with Crippen LogP contribution >= 0.6 is 0 Å². The van der Waals surface area contributed by atoms with Crippen LogP contribution in [0.1, 0.15) is 32.2 Å². The zero-order valence-electron chi connectivity index (χ0n) is 17.8. The van der Waals surface area contributed by atoms with Gasteiger partial charge in [0, 0.05) is 43.1 Å². The molecule has 7 heteroatoms. The minimum absolute atomic E-state index is 0.0659. The number of anilines is 1. The maximum Gasteiger partial charge on any atom is 0.178 e. The predicted octanol–water partition coefficient (Wildman–Crippen LogP) is 3.25. The molecule has 3 aromatic heterocycles. The van der Waals surface area contributed by atoms with Gasteiger partial charge in [-0.3, -0.25) is 4.98 Å². The summed E-state index contributed by atoms with van der Waals surface area (Å²) >= 11 is 0. The Morgan fingerprint density at radius 3 is 2.59 bits per heavy atom. The number of ether oxygens (including phenoxy) is 2. The zero-order chi connectivity index (χ0) is 20.6. The molecule has 29 heavy (non-hydrogen) atoms. The molecular formula is C22H29N5O2. The van der Waals surface area contributed by atoms with Gasteiger partial charge in [0.25, 0.3) is 0 Å². The number of nitrogens with zero attached hydrogens (tertiary/aromatic N) is 5. The van der Waals surface area contributed by atoms with Crippen LogP contribution in [0.3, 0.4) is 0 Å². The van der Waals surface area contributed by atoms with E-state index in [2.05, 4.69) is 42.9 Å². The van der Waals surface area contributed by atoms with Crippen molar-refractivity contribution in [3.63, 3.8) is 0 Å². The van der Waals surface area contributed by atoms with Crippen molar-refractivity contribution >= 4 is 11.3 Å². The van der Waals surface area contributed by atoms with Crippen molar-refractivity contribution in [1.82, 2.24) is 19.6 Å². The number of morpholine rings is 1. The highest BCUT2D eigenvalue weighted by atomic mass is 16.5. The predicted molar refractivity (Wildman–Crippen MR) is 113 cm³/mol. The Morgan fingerprint density at radius 2 is 1.93 bits per heavy atom. The van der Waals surface area contributed by atoms with Crippen LogP contribution in [-0.4, -0.2) is 59.1 Å². The molecule has 7 nitrogen and oxygen atoms in total. The van der Waals surface area contributed by atoms with Crippen molar-refractivity contribution in [3.05, 3.63) is 42.0 Å². The first-order valence-electron chi connectivity index (χ1n) is 10.1. The van der Waals surface area contributed by atoms with Gasteiger partial charge in [0.05, 0.1) is 42.6 Å². The topological polar surface area (TPSA) is 64.8 Å². The normalized spacial score (nSPS) is 16.4. The number of rotatable bonds is 5. The highest BCUT2D eigenvalue weighted by Gasteiger charge is 2.29. The summed E-state index contributed by atoms with van der Waals surface area (Å²) in [5.41, 5.74) is 5.72. The van der Waals surface area contributed by atoms with Crippen LogP contribution in [0.4, 0.5) is 5.69 Å². The fourth-order valence-electron chi connectivity index (χ4n) is 3.84. The summed E-state index contributed by atoms with van der Waals surface area (Å²) < 4.78 is 13.0. The largest absolute Gasteiger partial charge is 0.381 e. The summed E-state index contributed by atoms with van der Waals surface area (Å²) in [6.45, 7) is 11.6. The van der Waals surface area contributed by atoms with E-state index in [-0.39, 0.29) is 11.5 Å². The Bertz CT molecular complexity index is 990. The van der Waals surface area contributed by atoms with Gasteiger partial charge >= 0.3 is 0 Å². The molecule has 0 amide bonds. The fraction of sp³-hybridized carbons (Fsp3) is 0.500. The third-order valence-electron chi connectivity index (χ3n) is 6.09. The lowest BCUT2D eigenvalue weighted by molar-refractivity contribution is 0.0590. The van der Waals surface area contributed by atoms with Gasteiger partial charge in [0.2, 0.25) is 0 Å². The average molecular weight is 396 g/mol. The van der Waals surface area contributed by atoms with E-state index < -0.39 is 0 Å². The Hall–Kier alpha value is -2.51. The lowest BCUT2D eigenvalue weighted by Gasteiger charge is -2.30. The molecule has 1 atom stereocenters. The summed E-state index contributed by atoms with van der Waals surface area (Å²) in [4.78, 5) is 11.9. The Kier molecular flexibility index (Phi) is 5.27. The molecule has 1 fully saturated rings. The summed E-state index contributed by atoms with van der Waals surface area (Å²) in [6.07, 6.45) is 3.82. The average Bonchev–Trinajstić information content (AvgIpc) is 3.09. The molecule has 0 N–H and O–H groups in total.